The third-order valence-electron chi connectivity index (χ3n) is 3.98. The number of nitrogens with one attached hydrogen (secondary N) is 1. The molecule has 2 N–H and O–H groups in total. The van der Waals surface area contributed by atoms with E-state index >= 15 is 0 Å². The molecule has 3 rings (SSSR count). The van der Waals surface area contributed by atoms with Gasteiger partial charge in [-0.05, 0) is 48.5 Å². The molecule has 0 bridgehead atoms. The van der Waals surface area contributed by atoms with E-state index in [2.05, 4.69) is 5.32 Å². The van der Waals surface area contributed by atoms with E-state index in [1.165, 1.54) is 12.1 Å². The zero-order valence-electron chi connectivity index (χ0n) is 13.6. The Morgan fingerprint density at radius 3 is 2.16 bits per heavy atom. The van der Waals surface area contributed by atoms with Crippen molar-refractivity contribution in [3.63, 3.8) is 0 Å². The Kier molecular flexibility index (Phi) is 5.30. The van der Waals surface area contributed by atoms with Crippen LogP contribution in [0.15, 0.2) is 48.5 Å². The van der Waals surface area contributed by atoms with Crippen LogP contribution in [0.5, 0.6) is 5.75 Å². The topological polar surface area (TPSA) is 84.9 Å². The number of carbonyl (C=O) groups excluding carboxylic acids is 1. The number of carbonyl (C=O) groups is 2. The van der Waals surface area contributed by atoms with Crippen molar-refractivity contribution in [1.82, 2.24) is 0 Å². The number of rotatable bonds is 5. The fourth-order valence-electron chi connectivity index (χ4n) is 2.57. The van der Waals surface area contributed by atoms with Crippen LogP contribution < -0.4 is 10.1 Å². The molecule has 1 fully saturated rings. The highest BCUT2D eigenvalue weighted by Crippen LogP contribution is 2.19. The van der Waals surface area contributed by atoms with E-state index < -0.39 is 5.97 Å². The molecule has 2 aromatic carbocycles. The van der Waals surface area contributed by atoms with Crippen LogP contribution in [-0.2, 0) is 4.74 Å². The van der Waals surface area contributed by atoms with E-state index in [-0.39, 0.29) is 17.6 Å². The van der Waals surface area contributed by atoms with Gasteiger partial charge in [-0.25, -0.2) is 4.79 Å². The number of anilines is 1. The van der Waals surface area contributed by atoms with Gasteiger partial charge >= 0.3 is 5.97 Å². The van der Waals surface area contributed by atoms with Gasteiger partial charge in [0.15, 0.2) is 0 Å². The summed E-state index contributed by atoms with van der Waals surface area (Å²) in [5.41, 5.74) is 1.21. The lowest BCUT2D eigenvalue weighted by Gasteiger charge is -2.23. The molecule has 0 atom stereocenters. The molecule has 1 aliphatic rings. The maximum absolute atomic E-state index is 12.2. The molecule has 0 radical (unpaired) electrons. The van der Waals surface area contributed by atoms with Gasteiger partial charge in [0.05, 0.1) is 18.8 Å². The molecule has 0 saturated carbocycles. The molecule has 0 aliphatic carbocycles. The van der Waals surface area contributed by atoms with Crippen LogP contribution in [0.4, 0.5) is 5.69 Å². The monoisotopic (exact) mass is 341 g/mol. The quantitative estimate of drug-likeness (QED) is 0.872. The molecular weight excluding hydrogens is 322 g/mol. The number of ether oxygens (including phenoxy) is 2. The van der Waals surface area contributed by atoms with Crippen molar-refractivity contribution in [2.24, 2.45) is 0 Å². The third kappa shape index (κ3) is 4.58. The van der Waals surface area contributed by atoms with Crippen molar-refractivity contribution in [3.05, 3.63) is 59.7 Å². The Bertz CT molecular complexity index is 733. The molecule has 6 heteroatoms. The van der Waals surface area contributed by atoms with Gasteiger partial charge in [-0.15, -0.1) is 0 Å². The summed E-state index contributed by atoms with van der Waals surface area (Å²) >= 11 is 0. The number of carboxylic acids is 1. The third-order valence-corrected chi connectivity index (χ3v) is 3.98. The Labute approximate surface area is 145 Å². The van der Waals surface area contributed by atoms with E-state index in [4.69, 9.17) is 14.6 Å². The van der Waals surface area contributed by atoms with Gasteiger partial charge in [0.2, 0.25) is 0 Å². The molecule has 1 saturated heterocycles. The Morgan fingerprint density at radius 1 is 0.960 bits per heavy atom. The van der Waals surface area contributed by atoms with Crippen molar-refractivity contribution in [2.45, 2.75) is 18.9 Å². The summed E-state index contributed by atoms with van der Waals surface area (Å²) in [5.74, 6) is -0.534. The predicted octanol–water partition coefficient (Wildman–Crippen LogP) is 3.19. The fraction of sp³-hybridized carbons (Fsp3) is 0.263. The van der Waals surface area contributed by atoms with Crippen molar-refractivity contribution in [1.29, 1.82) is 0 Å². The van der Waals surface area contributed by atoms with Gasteiger partial charge in [0.1, 0.15) is 11.9 Å². The van der Waals surface area contributed by atoms with Crippen molar-refractivity contribution in [3.8, 4) is 5.75 Å². The number of hydrogen-bond donors (Lipinski definition) is 2. The number of benzene rings is 2. The average Bonchev–Trinajstić information content (AvgIpc) is 2.63. The number of amides is 1. The smallest absolute Gasteiger partial charge is 0.335 e. The summed E-state index contributed by atoms with van der Waals surface area (Å²) in [5, 5.41) is 11.6. The highest BCUT2D eigenvalue weighted by atomic mass is 16.5. The van der Waals surface area contributed by atoms with Gasteiger partial charge in [0, 0.05) is 24.1 Å². The first-order valence-corrected chi connectivity index (χ1v) is 8.11. The number of hydrogen-bond acceptors (Lipinski definition) is 4. The van der Waals surface area contributed by atoms with Crippen LogP contribution >= 0.6 is 0 Å². The molecule has 25 heavy (non-hydrogen) atoms. The van der Waals surface area contributed by atoms with Crippen LogP contribution in [-0.4, -0.2) is 36.3 Å². The lowest BCUT2D eigenvalue weighted by atomic mass is 10.1. The summed E-state index contributed by atoms with van der Waals surface area (Å²) in [7, 11) is 0. The van der Waals surface area contributed by atoms with Crippen LogP contribution in [0.1, 0.15) is 33.6 Å². The Hall–Kier alpha value is -2.86. The average molecular weight is 341 g/mol. The maximum atomic E-state index is 12.2. The van der Waals surface area contributed by atoms with E-state index in [0.29, 0.717) is 24.5 Å². The molecule has 0 unspecified atom stereocenters. The second kappa shape index (κ2) is 7.81. The SMILES string of the molecule is O=C(O)c1ccc(NC(=O)c2ccc(OC3CCOCC3)cc2)cc1. The minimum absolute atomic E-state index is 0.154. The Balaban J connectivity index is 1.59. The molecule has 2 aromatic rings. The van der Waals surface area contributed by atoms with E-state index in [1.807, 2.05) is 0 Å². The van der Waals surface area contributed by atoms with Gasteiger partial charge in [0.25, 0.3) is 5.91 Å². The second-order valence-corrected chi connectivity index (χ2v) is 5.79. The molecule has 0 spiro atoms. The Morgan fingerprint density at radius 2 is 1.56 bits per heavy atom. The molecule has 0 aromatic heterocycles. The summed E-state index contributed by atoms with van der Waals surface area (Å²) < 4.78 is 11.2. The maximum Gasteiger partial charge on any atom is 0.335 e. The van der Waals surface area contributed by atoms with E-state index in [9.17, 15) is 9.59 Å². The summed E-state index contributed by atoms with van der Waals surface area (Å²) in [4.78, 5) is 23.1. The highest BCUT2D eigenvalue weighted by Gasteiger charge is 2.15. The first-order valence-electron chi connectivity index (χ1n) is 8.11. The van der Waals surface area contributed by atoms with Crippen molar-refractivity contribution >= 4 is 17.6 Å². The predicted molar refractivity (Wildman–Crippen MR) is 92.3 cm³/mol. The molecule has 1 heterocycles. The first-order chi connectivity index (χ1) is 12.1. The summed E-state index contributed by atoms with van der Waals surface area (Å²) in [6, 6.07) is 13.0. The van der Waals surface area contributed by atoms with E-state index in [1.54, 1.807) is 36.4 Å². The van der Waals surface area contributed by atoms with Gasteiger partial charge < -0.3 is 19.9 Å². The van der Waals surface area contributed by atoms with Crippen LogP contribution in [0.3, 0.4) is 0 Å². The number of carboxylic acid groups (broad SMARTS) is 1. The minimum Gasteiger partial charge on any atom is -0.490 e. The largest absolute Gasteiger partial charge is 0.490 e. The molecule has 1 amide bonds. The lowest BCUT2D eigenvalue weighted by Crippen LogP contribution is -2.25. The van der Waals surface area contributed by atoms with Gasteiger partial charge in [-0.2, -0.15) is 0 Å². The zero-order valence-corrected chi connectivity index (χ0v) is 13.6. The zero-order chi connectivity index (χ0) is 17.6. The van der Waals surface area contributed by atoms with Crippen LogP contribution in [0.2, 0.25) is 0 Å². The molecule has 130 valence electrons. The van der Waals surface area contributed by atoms with Gasteiger partial charge in [-0.1, -0.05) is 0 Å². The second-order valence-electron chi connectivity index (χ2n) is 5.79. The fourth-order valence-corrected chi connectivity index (χ4v) is 2.57. The van der Waals surface area contributed by atoms with Crippen LogP contribution in [0.25, 0.3) is 0 Å². The molecule has 1 aliphatic heterocycles. The van der Waals surface area contributed by atoms with Crippen molar-refractivity contribution in [2.75, 3.05) is 18.5 Å². The standard InChI is InChI=1S/C19H19NO5/c21-18(20-15-5-1-14(2-6-15)19(22)23)13-3-7-16(8-4-13)25-17-9-11-24-12-10-17/h1-8,17H,9-12H2,(H,20,21)(H,22,23). The highest BCUT2D eigenvalue weighted by molar-refractivity contribution is 6.04. The summed E-state index contributed by atoms with van der Waals surface area (Å²) in [6.45, 7) is 1.43. The van der Waals surface area contributed by atoms with Crippen LogP contribution in [0, 0.1) is 0 Å². The lowest BCUT2D eigenvalue weighted by molar-refractivity contribution is 0.0255. The van der Waals surface area contributed by atoms with E-state index in [0.717, 1.165) is 18.6 Å². The minimum atomic E-state index is -1.00. The number of aromatic carboxylic acids is 1. The summed E-state index contributed by atoms with van der Waals surface area (Å²) in [6.07, 6.45) is 1.89. The van der Waals surface area contributed by atoms with Crippen molar-refractivity contribution < 1.29 is 24.2 Å². The first kappa shape index (κ1) is 17.0. The van der Waals surface area contributed by atoms with Gasteiger partial charge in [-0.3, -0.25) is 4.79 Å². The molecule has 6 nitrogen and oxygen atoms in total. The molecular formula is C19H19NO5. The normalized spacial score (nSPS) is 14.7.